The van der Waals surface area contributed by atoms with Gasteiger partial charge in [-0.1, -0.05) is 0 Å². The molecule has 0 radical (unpaired) electrons. The Kier molecular flexibility index (Phi) is 5.33. The van der Waals surface area contributed by atoms with E-state index in [2.05, 4.69) is 4.98 Å². The van der Waals surface area contributed by atoms with E-state index in [4.69, 9.17) is 4.74 Å². The molecule has 1 aromatic heterocycles. The molecule has 1 aliphatic rings. The van der Waals surface area contributed by atoms with E-state index in [-0.39, 0.29) is 31.0 Å². The number of carbonyl (C=O) groups is 2. The minimum absolute atomic E-state index is 0.0995. The standard InChI is InChI=1S/C15H22N2O3S/c1-10-5-4-6-11(2)17(10)14(18)8-20-15(19)7-13-9-21-12(3)16-13/h9-11H,4-8H2,1-3H3. The first kappa shape index (κ1) is 15.9. The summed E-state index contributed by atoms with van der Waals surface area (Å²) in [6.45, 7) is 5.82. The SMILES string of the molecule is Cc1nc(CC(=O)OCC(=O)N2C(C)CCCC2C)cs1. The van der Waals surface area contributed by atoms with Gasteiger partial charge in [0.2, 0.25) is 0 Å². The Balaban J connectivity index is 1.81. The second-order valence-corrected chi connectivity index (χ2v) is 6.69. The van der Waals surface area contributed by atoms with E-state index in [0.29, 0.717) is 5.69 Å². The van der Waals surface area contributed by atoms with E-state index in [1.165, 1.54) is 11.3 Å². The van der Waals surface area contributed by atoms with Crippen LogP contribution in [0.4, 0.5) is 0 Å². The smallest absolute Gasteiger partial charge is 0.312 e. The average molecular weight is 310 g/mol. The van der Waals surface area contributed by atoms with Crippen molar-refractivity contribution in [3.05, 3.63) is 16.1 Å². The van der Waals surface area contributed by atoms with Crippen LogP contribution in [0, 0.1) is 6.92 Å². The number of aryl methyl sites for hydroxylation is 1. The molecule has 6 heteroatoms. The van der Waals surface area contributed by atoms with Crippen molar-refractivity contribution in [3.8, 4) is 0 Å². The lowest BCUT2D eigenvalue weighted by atomic mass is 9.97. The number of nitrogens with zero attached hydrogens (tertiary/aromatic N) is 2. The summed E-state index contributed by atoms with van der Waals surface area (Å²) in [5.74, 6) is -0.497. The Morgan fingerprint density at radius 2 is 2.05 bits per heavy atom. The number of likely N-dealkylation sites (tertiary alicyclic amines) is 1. The number of esters is 1. The number of hydrogen-bond acceptors (Lipinski definition) is 5. The van der Waals surface area contributed by atoms with Gasteiger partial charge in [0.1, 0.15) is 0 Å². The van der Waals surface area contributed by atoms with Crippen LogP contribution in [0.15, 0.2) is 5.38 Å². The highest BCUT2D eigenvalue weighted by atomic mass is 32.1. The molecule has 0 aliphatic carbocycles. The molecule has 2 atom stereocenters. The Bertz CT molecular complexity index is 505. The van der Waals surface area contributed by atoms with Gasteiger partial charge in [0.05, 0.1) is 17.1 Å². The largest absolute Gasteiger partial charge is 0.455 e. The maximum atomic E-state index is 12.2. The van der Waals surface area contributed by atoms with Crippen molar-refractivity contribution in [2.75, 3.05) is 6.61 Å². The zero-order chi connectivity index (χ0) is 15.4. The monoisotopic (exact) mass is 310 g/mol. The van der Waals surface area contributed by atoms with E-state index in [9.17, 15) is 9.59 Å². The van der Waals surface area contributed by atoms with E-state index in [0.717, 1.165) is 24.3 Å². The Morgan fingerprint density at radius 3 is 2.62 bits per heavy atom. The maximum Gasteiger partial charge on any atom is 0.312 e. The summed E-state index contributed by atoms with van der Waals surface area (Å²) in [5, 5.41) is 2.76. The first-order valence-corrected chi connectivity index (χ1v) is 8.23. The van der Waals surface area contributed by atoms with Crippen molar-refractivity contribution in [1.29, 1.82) is 0 Å². The molecule has 116 valence electrons. The zero-order valence-corrected chi connectivity index (χ0v) is 13.6. The lowest BCUT2D eigenvalue weighted by Crippen LogP contribution is -2.49. The number of rotatable bonds is 4. The van der Waals surface area contributed by atoms with Crippen LogP contribution in [-0.2, 0) is 20.7 Å². The third-order valence-corrected chi connectivity index (χ3v) is 4.65. The summed E-state index contributed by atoms with van der Waals surface area (Å²) >= 11 is 1.50. The van der Waals surface area contributed by atoms with Crippen LogP contribution in [0.3, 0.4) is 0 Å². The second kappa shape index (κ2) is 7.02. The first-order valence-electron chi connectivity index (χ1n) is 7.35. The number of piperidine rings is 1. The third-order valence-electron chi connectivity index (χ3n) is 3.83. The minimum Gasteiger partial charge on any atom is -0.455 e. The molecule has 0 spiro atoms. The van der Waals surface area contributed by atoms with E-state index >= 15 is 0 Å². The van der Waals surface area contributed by atoms with Crippen LogP contribution in [0.2, 0.25) is 0 Å². The number of aromatic nitrogens is 1. The Labute approximate surface area is 129 Å². The molecule has 0 saturated carbocycles. The molecule has 2 rings (SSSR count). The van der Waals surface area contributed by atoms with Crippen molar-refractivity contribution in [2.45, 2.75) is 58.5 Å². The van der Waals surface area contributed by atoms with Gasteiger partial charge >= 0.3 is 5.97 Å². The molecule has 2 heterocycles. The van der Waals surface area contributed by atoms with Gasteiger partial charge in [0, 0.05) is 17.5 Å². The third kappa shape index (κ3) is 4.27. The molecule has 5 nitrogen and oxygen atoms in total. The number of ether oxygens (including phenoxy) is 1. The first-order chi connectivity index (χ1) is 9.97. The summed E-state index contributed by atoms with van der Waals surface area (Å²) < 4.78 is 5.10. The summed E-state index contributed by atoms with van der Waals surface area (Å²) in [5.41, 5.74) is 0.703. The fourth-order valence-electron chi connectivity index (χ4n) is 2.82. The number of thiazole rings is 1. The predicted octanol–water partition coefficient (Wildman–Crippen LogP) is 2.33. The van der Waals surface area contributed by atoms with E-state index in [1.807, 2.05) is 31.1 Å². The van der Waals surface area contributed by atoms with Gasteiger partial charge in [-0.05, 0) is 40.0 Å². The molecule has 0 bridgehead atoms. The molecule has 0 N–H and O–H groups in total. The van der Waals surface area contributed by atoms with Gasteiger partial charge in [-0.15, -0.1) is 11.3 Å². The van der Waals surface area contributed by atoms with Gasteiger partial charge in [-0.2, -0.15) is 0 Å². The number of carbonyl (C=O) groups excluding carboxylic acids is 2. The molecule has 1 fully saturated rings. The van der Waals surface area contributed by atoms with Gasteiger partial charge in [0.15, 0.2) is 6.61 Å². The average Bonchev–Trinajstić information content (AvgIpc) is 2.81. The Morgan fingerprint density at radius 1 is 1.38 bits per heavy atom. The highest BCUT2D eigenvalue weighted by Crippen LogP contribution is 2.22. The summed E-state index contributed by atoms with van der Waals surface area (Å²) in [6, 6.07) is 0.447. The number of amides is 1. The van der Waals surface area contributed by atoms with Crippen LogP contribution < -0.4 is 0 Å². The number of hydrogen-bond donors (Lipinski definition) is 0. The molecule has 1 saturated heterocycles. The van der Waals surface area contributed by atoms with Gasteiger partial charge in [0.25, 0.3) is 5.91 Å². The Hall–Kier alpha value is -1.43. The lowest BCUT2D eigenvalue weighted by molar-refractivity contribution is -0.154. The van der Waals surface area contributed by atoms with Crippen LogP contribution in [0.25, 0.3) is 0 Å². The van der Waals surface area contributed by atoms with Gasteiger partial charge in [-0.25, -0.2) is 4.98 Å². The highest BCUT2D eigenvalue weighted by molar-refractivity contribution is 7.09. The van der Waals surface area contributed by atoms with Crippen molar-refractivity contribution in [2.24, 2.45) is 0 Å². The molecule has 21 heavy (non-hydrogen) atoms. The van der Waals surface area contributed by atoms with Crippen LogP contribution in [0.1, 0.15) is 43.8 Å². The van der Waals surface area contributed by atoms with E-state index < -0.39 is 5.97 Å². The molecule has 2 unspecified atom stereocenters. The summed E-state index contributed by atoms with van der Waals surface area (Å²) in [6.07, 6.45) is 3.31. The summed E-state index contributed by atoms with van der Waals surface area (Å²) in [7, 11) is 0. The predicted molar refractivity (Wildman–Crippen MR) is 81.1 cm³/mol. The molecule has 1 aromatic rings. The zero-order valence-electron chi connectivity index (χ0n) is 12.8. The second-order valence-electron chi connectivity index (χ2n) is 5.63. The van der Waals surface area contributed by atoms with Crippen LogP contribution in [0.5, 0.6) is 0 Å². The van der Waals surface area contributed by atoms with Crippen molar-refractivity contribution < 1.29 is 14.3 Å². The molecule has 1 aliphatic heterocycles. The van der Waals surface area contributed by atoms with Crippen molar-refractivity contribution in [3.63, 3.8) is 0 Å². The topological polar surface area (TPSA) is 59.5 Å². The maximum absolute atomic E-state index is 12.2. The van der Waals surface area contributed by atoms with Crippen LogP contribution >= 0.6 is 11.3 Å². The highest BCUT2D eigenvalue weighted by Gasteiger charge is 2.29. The normalized spacial score (nSPS) is 22.1. The molecule has 1 amide bonds. The lowest BCUT2D eigenvalue weighted by Gasteiger charge is -2.38. The molecular formula is C15H22N2O3S. The fraction of sp³-hybridized carbons (Fsp3) is 0.667. The van der Waals surface area contributed by atoms with Gasteiger partial charge < -0.3 is 9.64 Å². The van der Waals surface area contributed by atoms with Crippen LogP contribution in [-0.4, -0.2) is 40.5 Å². The molecule has 0 aromatic carbocycles. The molecular weight excluding hydrogens is 288 g/mol. The van der Waals surface area contributed by atoms with E-state index in [1.54, 1.807) is 0 Å². The minimum atomic E-state index is -0.397. The van der Waals surface area contributed by atoms with Gasteiger partial charge in [-0.3, -0.25) is 9.59 Å². The fourth-order valence-corrected chi connectivity index (χ4v) is 3.43. The summed E-state index contributed by atoms with van der Waals surface area (Å²) in [4.78, 5) is 30.0. The van der Waals surface area contributed by atoms with Crippen molar-refractivity contribution >= 4 is 23.2 Å². The quantitative estimate of drug-likeness (QED) is 0.801. The van der Waals surface area contributed by atoms with Crippen molar-refractivity contribution in [1.82, 2.24) is 9.88 Å².